The maximum absolute atomic E-state index is 13.5. The lowest BCUT2D eigenvalue weighted by Gasteiger charge is -2.63. The number of aliphatic carboxylic acids is 1. The van der Waals surface area contributed by atoms with E-state index in [-0.39, 0.29) is 17.4 Å². The Kier molecular flexibility index (Phi) is 10.1. The van der Waals surface area contributed by atoms with Gasteiger partial charge in [0.15, 0.2) is 0 Å². The molecule has 33 heavy (non-hydrogen) atoms. The van der Waals surface area contributed by atoms with Crippen molar-refractivity contribution in [2.24, 2.45) is 22.2 Å². The van der Waals surface area contributed by atoms with E-state index in [0.717, 1.165) is 77.0 Å². The third-order valence-corrected chi connectivity index (χ3v) is 10.4. The largest absolute Gasteiger partial charge is 0.481 e. The van der Waals surface area contributed by atoms with Crippen molar-refractivity contribution in [2.45, 2.75) is 148 Å². The van der Waals surface area contributed by atoms with Gasteiger partial charge in [0.05, 0.1) is 18.1 Å². The number of aliphatic hydroxyl groups excluding tert-OH is 2. The van der Waals surface area contributed by atoms with Crippen molar-refractivity contribution < 1.29 is 20.1 Å². The Labute approximate surface area is 202 Å². The molecule has 0 heterocycles. The molecule has 0 aromatic carbocycles. The van der Waals surface area contributed by atoms with Crippen molar-refractivity contribution in [1.82, 2.24) is 0 Å². The number of carboxylic acid groups (broad SMARTS) is 1. The Morgan fingerprint density at radius 3 is 1.64 bits per heavy atom. The summed E-state index contributed by atoms with van der Waals surface area (Å²) in [5.41, 5.74) is -0.858. The van der Waals surface area contributed by atoms with E-state index in [2.05, 4.69) is 6.92 Å². The Hall–Kier alpha value is -0.610. The molecule has 4 heteroatoms. The summed E-state index contributed by atoms with van der Waals surface area (Å²) in [6.07, 6.45) is 22.1. The molecule has 0 amide bonds. The van der Waals surface area contributed by atoms with E-state index in [1.807, 2.05) is 0 Å². The topological polar surface area (TPSA) is 77.8 Å². The monoisotopic (exact) mass is 464 g/mol. The van der Waals surface area contributed by atoms with Crippen LogP contribution in [-0.4, -0.2) is 34.0 Å². The predicted molar refractivity (Wildman–Crippen MR) is 134 cm³/mol. The van der Waals surface area contributed by atoms with Crippen LogP contribution in [0, 0.1) is 22.2 Å². The number of carboxylic acids is 1. The highest BCUT2D eigenvalue weighted by atomic mass is 16.4. The lowest BCUT2D eigenvalue weighted by atomic mass is 9.40. The molecule has 3 aliphatic carbocycles. The molecule has 2 atom stereocenters. The van der Waals surface area contributed by atoms with Gasteiger partial charge in [0.2, 0.25) is 0 Å². The normalized spacial score (nSPS) is 27.5. The second kappa shape index (κ2) is 12.4. The second-order valence-electron chi connectivity index (χ2n) is 11.9. The van der Waals surface area contributed by atoms with Gasteiger partial charge in [0.1, 0.15) is 0 Å². The average molecular weight is 465 g/mol. The first-order chi connectivity index (χ1) is 16.0. The highest BCUT2D eigenvalue weighted by molar-refractivity contribution is 5.76. The number of hydrogen-bond acceptors (Lipinski definition) is 3. The standard InChI is InChI=1S/C29H52O4/c1-2-15-24(22-25(31)23-30)27(16-9-3-4-10-17-27)29(20-13-7-8-14-21-29)28(26(32)33)18-11-5-6-12-19-28/h24-25,30-31H,2-23H2,1H3,(H,32,33). The molecule has 192 valence electrons. The summed E-state index contributed by atoms with van der Waals surface area (Å²) in [6, 6.07) is 0. The van der Waals surface area contributed by atoms with Gasteiger partial charge < -0.3 is 15.3 Å². The molecular formula is C29H52O4. The molecule has 0 bridgehead atoms. The van der Waals surface area contributed by atoms with E-state index >= 15 is 0 Å². The Morgan fingerprint density at radius 1 is 0.758 bits per heavy atom. The molecule has 0 spiro atoms. The van der Waals surface area contributed by atoms with Gasteiger partial charge in [-0.2, -0.15) is 0 Å². The van der Waals surface area contributed by atoms with Crippen LogP contribution in [-0.2, 0) is 4.79 Å². The Morgan fingerprint density at radius 2 is 1.21 bits per heavy atom. The summed E-state index contributed by atoms with van der Waals surface area (Å²) < 4.78 is 0. The summed E-state index contributed by atoms with van der Waals surface area (Å²) in [7, 11) is 0. The summed E-state index contributed by atoms with van der Waals surface area (Å²) in [5.74, 6) is -0.229. The molecule has 0 radical (unpaired) electrons. The number of rotatable bonds is 9. The SMILES string of the molecule is CCCC(CC(O)CO)C1(C2(C3(C(=O)O)CCCCCC3)CCCCCC2)CCCCCC1. The molecule has 3 aliphatic rings. The van der Waals surface area contributed by atoms with Gasteiger partial charge in [-0.1, -0.05) is 96.8 Å². The van der Waals surface area contributed by atoms with E-state index < -0.39 is 17.5 Å². The smallest absolute Gasteiger partial charge is 0.310 e. The van der Waals surface area contributed by atoms with E-state index in [1.165, 1.54) is 51.4 Å². The highest BCUT2D eigenvalue weighted by Gasteiger charge is 2.66. The van der Waals surface area contributed by atoms with Crippen molar-refractivity contribution in [2.75, 3.05) is 6.61 Å². The molecule has 0 aliphatic heterocycles. The molecule has 0 saturated heterocycles. The number of hydrogen-bond donors (Lipinski definition) is 3. The summed E-state index contributed by atoms with van der Waals surface area (Å²) in [5, 5.41) is 31.5. The third-order valence-electron chi connectivity index (χ3n) is 10.4. The first kappa shape index (κ1) is 27.0. The molecule has 3 saturated carbocycles. The minimum Gasteiger partial charge on any atom is -0.481 e. The molecule has 2 unspecified atom stereocenters. The fourth-order valence-electron chi connectivity index (χ4n) is 9.02. The first-order valence-corrected chi connectivity index (χ1v) is 14.5. The van der Waals surface area contributed by atoms with Crippen LogP contribution < -0.4 is 0 Å². The van der Waals surface area contributed by atoms with E-state index in [1.54, 1.807) is 0 Å². The first-order valence-electron chi connectivity index (χ1n) is 14.5. The Balaban J connectivity index is 2.24. The van der Waals surface area contributed by atoms with E-state index in [0.29, 0.717) is 12.3 Å². The maximum atomic E-state index is 13.5. The Bertz CT molecular complexity index is 576. The van der Waals surface area contributed by atoms with E-state index in [9.17, 15) is 20.1 Å². The van der Waals surface area contributed by atoms with Gasteiger partial charge in [-0.05, 0) is 61.7 Å². The van der Waals surface area contributed by atoms with Crippen molar-refractivity contribution in [1.29, 1.82) is 0 Å². The number of aliphatic hydroxyl groups is 2. The van der Waals surface area contributed by atoms with Crippen LogP contribution in [0.15, 0.2) is 0 Å². The van der Waals surface area contributed by atoms with Crippen molar-refractivity contribution >= 4 is 5.97 Å². The molecule has 4 nitrogen and oxygen atoms in total. The van der Waals surface area contributed by atoms with Gasteiger partial charge in [0, 0.05) is 0 Å². The zero-order valence-corrected chi connectivity index (χ0v) is 21.5. The average Bonchev–Trinajstić information content (AvgIpc) is 3.32. The van der Waals surface area contributed by atoms with Gasteiger partial charge >= 0.3 is 5.97 Å². The lowest BCUT2D eigenvalue weighted by Crippen LogP contribution is -2.60. The van der Waals surface area contributed by atoms with Crippen molar-refractivity contribution in [3.8, 4) is 0 Å². The van der Waals surface area contributed by atoms with Gasteiger partial charge in [-0.25, -0.2) is 0 Å². The fraction of sp³-hybridized carbons (Fsp3) is 0.966. The van der Waals surface area contributed by atoms with Crippen LogP contribution in [0.3, 0.4) is 0 Å². The zero-order valence-electron chi connectivity index (χ0n) is 21.5. The van der Waals surface area contributed by atoms with Crippen molar-refractivity contribution in [3.63, 3.8) is 0 Å². The summed E-state index contributed by atoms with van der Waals surface area (Å²) >= 11 is 0. The minimum atomic E-state index is -0.695. The molecule has 0 aromatic rings. The van der Waals surface area contributed by atoms with Crippen molar-refractivity contribution in [3.05, 3.63) is 0 Å². The van der Waals surface area contributed by atoms with Crippen LogP contribution in [0.5, 0.6) is 0 Å². The maximum Gasteiger partial charge on any atom is 0.310 e. The fourth-order valence-corrected chi connectivity index (χ4v) is 9.02. The van der Waals surface area contributed by atoms with Crippen LogP contribution in [0.2, 0.25) is 0 Å². The van der Waals surface area contributed by atoms with Gasteiger partial charge in [-0.15, -0.1) is 0 Å². The highest BCUT2D eigenvalue weighted by Crippen LogP contribution is 2.70. The number of carbonyl (C=O) groups is 1. The molecule has 3 rings (SSSR count). The third kappa shape index (κ3) is 5.32. The van der Waals surface area contributed by atoms with Crippen LogP contribution in [0.25, 0.3) is 0 Å². The zero-order chi connectivity index (χ0) is 23.8. The predicted octanol–water partition coefficient (Wildman–Crippen LogP) is 7.25. The van der Waals surface area contributed by atoms with Crippen LogP contribution in [0.1, 0.15) is 142 Å². The van der Waals surface area contributed by atoms with Crippen LogP contribution >= 0.6 is 0 Å². The molecular weight excluding hydrogens is 412 g/mol. The van der Waals surface area contributed by atoms with Gasteiger partial charge in [-0.3, -0.25) is 4.79 Å². The second-order valence-corrected chi connectivity index (χ2v) is 11.9. The molecule has 3 N–H and O–H groups in total. The molecule has 0 aromatic heterocycles. The quantitative estimate of drug-likeness (QED) is 0.314. The lowest BCUT2D eigenvalue weighted by molar-refractivity contribution is -0.191. The minimum absolute atomic E-state index is 0.0390. The summed E-state index contributed by atoms with van der Waals surface area (Å²) in [6.45, 7) is 2.05. The van der Waals surface area contributed by atoms with Gasteiger partial charge in [0.25, 0.3) is 0 Å². The summed E-state index contributed by atoms with van der Waals surface area (Å²) in [4.78, 5) is 13.5. The van der Waals surface area contributed by atoms with Crippen LogP contribution in [0.4, 0.5) is 0 Å². The van der Waals surface area contributed by atoms with E-state index in [4.69, 9.17) is 0 Å². The molecule has 3 fully saturated rings.